The number of para-hydroxylation sites is 2. The Bertz CT molecular complexity index is 3450. The van der Waals surface area contributed by atoms with Crippen LogP contribution in [-0.2, 0) is 16.2 Å². The Kier molecular flexibility index (Phi) is 6.66. The average molecular weight is 767 g/mol. The molecule has 0 bridgehead atoms. The van der Waals surface area contributed by atoms with E-state index in [1.165, 1.54) is 66.1 Å². The zero-order chi connectivity index (χ0) is 40.5. The van der Waals surface area contributed by atoms with Crippen molar-refractivity contribution in [2.45, 2.75) is 78.6 Å². The van der Waals surface area contributed by atoms with Gasteiger partial charge in [-0.1, -0.05) is 129 Å². The molecule has 0 radical (unpaired) electrons. The fraction of sp³-hybridized carbons (Fsp3) is 0.222. The molecule has 3 aromatic heterocycles. The summed E-state index contributed by atoms with van der Waals surface area (Å²) in [6.07, 6.45) is 0. The third kappa shape index (κ3) is 4.67. The van der Waals surface area contributed by atoms with Gasteiger partial charge in [0.25, 0.3) is 0 Å². The molecule has 0 amide bonds. The molecular weight excluding hydrogens is 719 g/mol. The maximum atomic E-state index is 7.23. The van der Waals surface area contributed by atoms with Crippen LogP contribution in [0.1, 0.15) is 79.0 Å². The molecule has 10 aromatic rings. The van der Waals surface area contributed by atoms with E-state index in [1.54, 1.807) is 0 Å². The van der Waals surface area contributed by atoms with Gasteiger partial charge in [-0.3, -0.25) is 0 Å². The van der Waals surface area contributed by atoms with E-state index in [2.05, 4.69) is 193 Å². The van der Waals surface area contributed by atoms with Gasteiger partial charge in [0.05, 0.1) is 11.0 Å². The largest absolute Gasteiger partial charge is 0.456 e. The van der Waals surface area contributed by atoms with E-state index in [0.717, 1.165) is 55.4 Å². The van der Waals surface area contributed by atoms with Gasteiger partial charge >= 0.3 is 6.85 Å². The van der Waals surface area contributed by atoms with Gasteiger partial charge < -0.3 is 18.2 Å². The van der Waals surface area contributed by atoms with Crippen molar-refractivity contribution in [3.8, 4) is 16.8 Å². The Hall–Kier alpha value is -6.20. The topological polar surface area (TPSA) is 34.5 Å². The summed E-state index contributed by atoms with van der Waals surface area (Å²) in [6, 6.07) is 45.5. The molecule has 0 unspecified atom stereocenters. The van der Waals surface area contributed by atoms with Gasteiger partial charge in [0.2, 0.25) is 0 Å². The maximum absolute atomic E-state index is 7.23. The third-order valence-electron chi connectivity index (χ3n) is 13.4. The molecule has 0 spiro atoms. The van der Waals surface area contributed by atoms with Crippen LogP contribution in [0, 0.1) is 0 Å². The fourth-order valence-electron chi connectivity index (χ4n) is 10.3. The van der Waals surface area contributed by atoms with Crippen molar-refractivity contribution in [1.29, 1.82) is 0 Å². The summed E-state index contributed by atoms with van der Waals surface area (Å²) in [5.41, 5.74) is 18.4. The first-order chi connectivity index (χ1) is 28.2. The van der Waals surface area contributed by atoms with Crippen LogP contribution in [0.5, 0.6) is 0 Å². The van der Waals surface area contributed by atoms with Gasteiger partial charge in [0.1, 0.15) is 22.3 Å². The van der Waals surface area contributed by atoms with Crippen molar-refractivity contribution in [3.63, 3.8) is 0 Å². The van der Waals surface area contributed by atoms with Gasteiger partial charge in [-0.2, -0.15) is 0 Å². The zero-order valence-electron chi connectivity index (χ0n) is 35.3. The summed E-state index contributed by atoms with van der Waals surface area (Å²) >= 11 is 0. The van der Waals surface area contributed by atoms with Crippen LogP contribution < -0.4 is 15.7 Å². The predicted molar refractivity (Wildman–Crippen MR) is 250 cm³/mol. The first-order valence-electron chi connectivity index (χ1n) is 21.1. The molecule has 2 aliphatic heterocycles. The minimum absolute atomic E-state index is 0.0235. The molecule has 5 heterocycles. The standard InChI is InChI=1S/C54H47BN2O2/c1-52(2,3)30-18-22-33(23-19-30)57-42-29-45-36(34-14-10-12-16-43(34)58-45)28-38(42)48-49-50-46(47-35-15-11-13-17-44(35)59-51(47)48)37-26-31(53(4,5)6)20-24-40(37)56(50)41-25-21-32(54(7,8)9)27-39(41)55(49)57/h10-29H,1-9H3. The number of hydrogen-bond acceptors (Lipinski definition) is 3. The van der Waals surface area contributed by atoms with Gasteiger partial charge in [-0.05, 0) is 92.4 Å². The van der Waals surface area contributed by atoms with Crippen molar-refractivity contribution >= 4 is 94.8 Å². The van der Waals surface area contributed by atoms with Crippen molar-refractivity contribution in [1.82, 2.24) is 4.57 Å². The number of anilines is 2. The number of aromatic nitrogens is 1. The molecule has 0 saturated carbocycles. The van der Waals surface area contributed by atoms with Crippen molar-refractivity contribution < 1.29 is 8.83 Å². The van der Waals surface area contributed by atoms with E-state index in [1.807, 2.05) is 0 Å². The molecule has 7 aromatic carbocycles. The van der Waals surface area contributed by atoms with Crippen LogP contribution >= 0.6 is 0 Å². The van der Waals surface area contributed by atoms with Crippen molar-refractivity contribution in [3.05, 3.63) is 138 Å². The minimum atomic E-state index is -0.156. The normalized spacial score (nSPS) is 14.1. The highest BCUT2D eigenvalue weighted by Crippen LogP contribution is 2.52. The molecule has 0 saturated heterocycles. The zero-order valence-corrected chi connectivity index (χ0v) is 35.3. The van der Waals surface area contributed by atoms with E-state index in [9.17, 15) is 0 Å². The second-order valence-electron chi connectivity index (χ2n) is 20.2. The number of rotatable bonds is 1. The Morgan fingerprint density at radius 2 is 1.12 bits per heavy atom. The van der Waals surface area contributed by atoms with Gasteiger partial charge in [0.15, 0.2) is 0 Å². The second-order valence-corrected chi connectivity index (χ2v) is 20.2. The third-order valence-corrected chi connectivity index (χ3v) is 13.4. The summed E-state index contributed by atoms with van der Waals surface area (Å²) in [5.74, 6) is 0. The van der Waals surface area contributed by atoms with E-state index in [-0.39, 0.29) is 23.1 Å². The number of furan rings is 2. The van der Waals surface area contributed by atoms with Crippen LogP contribution in [-0.4, -0.2) is 11.4 Å². The smallest absolute Gasteiger partial charge is 0.333 e. The summed E-state index contributed by atoms with van der Waals surface area (Å²) in [6.45, 7) is 20.6. The van der Waals surface area contributed by atoms with E-state index < -0.39 is 0 Å². The van der Waals surface area contributed by atoms with Gasteiger partial charge in [-0.15, -0.1) is 0 Å². The lowest BCUT2D eigenvalue weighted by Gasteiger charge is -2.42. The lowest BCUT2D eigenvalue weighted by molar-refractivity contribution is 0.590. The summed E-state index contributed by atoms with van der Waals surface area (Å²) in [7, 11) is 0. The Labute approximate surface area is 345 Å². The van der Waals surface area contributed by atoms with E-state index in [0.29, 0.717) is 0 Å². The maximum Gasteiger partial charge on any atom is 0.333 e. The minimum Gasteiger partial charge on any atom is -0.456 e. The Balaban J connectivity index is 1.34. The Morgan fingerprint density at radius 1 is 0.492 bits per heavy atom. The first kappa shape index (κ1) is 34.8. The molecule has 0 aliphatic carbocycles. The number of hydrogen-bond donors (Lipinski definition) is 0. The lowest BCUT2D eigenvalue weighted by atomic mass is 9.43. The Morgan fingerprint density at radius 3 is 1.83 bits per heavy atom. The lowest BCUT2D eigenvalue weighted by Crippen LogP contribution is -2.60. The van der Waals surface area contributed by atoms with Crippen LogP contribution in [0.15, 0.2) is 130 Å². The van der Waals surface area contributed by atoms with Crippen LogP contribution in [0.2, 0.25) is 0 Å². The van der Waals surface area contributed by atoms with Crippen LogP contribution in [0.25, 0.3) is 82.5 Å². The summed E-state index contributed by atoms with van der Waals surface area (Å²) < 4.78 is 16.5. The predicted octanol–water partition coefficient (Wildman–Crippen LogP) is 13.7. The quantitative estimate of drug-likeness (QED) is 0.156. The van der Waals surface area contributed by atoms with E-state index >= 15 is 0 Å². The summed E-state index contributed by atoms with van der Waals surface area (Å²) in [4.78, 5) is 2.61. The molecule has 59 heavy (non-hydrogen) atoms. The highest BCUT2D eigenvalue weighted by Gasteiger charge is 2.46. The van der Waals surface area contributed by atoms with Crippen molar-refractivity contribution in [2.24, 2.45) is 0 Å². The monoisotopic (exact) mass is 766 g/mol. The van der Waals surface area contributed by atoms with Crippen molar-refractivity contribution in [2.75, 3.05) is 4.81 Å². The number of benzene rings is 7. The van der Waals surface area contributed by atoms with Gasteiger partial charge in [0, 0.05) is 66.6 Å². The molecule has 12 rings (SSSR count). The number of nitrogens with zero attached hydrogens (tertiary/aromatic N) is 2. The van der Waals surface area contributed by atoms with E-state index in [4.69, 9.17) is 8.83 Å². The molecule has 0 N–H and O–H groups in total. The second kappa shape index (κ2) is 11.3. The van der Waals surface area contributed by atoms with Crippen LogP contribution in [0.4, 0.5) is 11.4 Å². The SMILES string of the molecule is CC(C)(C)c1ccc(N2B3c4cc(C(C)(C)C)ccc4-n4c5ccc(C(C)(C)C)cc5c5c6c(oc7ccccc76)c(c3c54)-c3cc4c(cc32)oc2ccccc24)cc1. The molecule has 5 heteroatoms. The molecule has 288 valence electrons. The average Bonchev–Trinajstić information content (AvgIpc) is 3.87. The molecule has 2 aliphatic rings. The van der Waals surface area contributed by atoms with Crippen LogP contribution in [0.3, 0.4) is 0 Å². The molecule has 0 atom stereocenters. The molecule has 0 fully saturated rings. The molecular formula is C54H47BN2O2. The fourth-order valence-corrected chi connectivity index (χ4v) is 10.3. The number of fused-ring (bicyclic) bond motifs is 16. The van der Waals surface area contributed by atoms with Gasteiger partial charge in [-0.25, -0.2) is 0 Å². The highest BCUT2D eigenvalue weighted by molar-refractivity contribution is 6.94. The molecule has 4 nitrogen and oxygen atoms in total. The summed E-state index contributed by atoms with van der Waals surface area (Å²) in [5, 5.41) is 7.09. The first-order valence-corrected chi connectivity index (χ1v) is 21.1. The highest BCUT2D eigenvalue weighted by atomic mass is 16.3.